The lowest BCUT2D eigenvalue weighted by atomic mass is 9.93. The second-order valence-corrected chi connectivity index (χ2v) is 8.69. The Labute approximate surface area is 181 Å². The highest BCUT2D eigenvalue weighted by Crippen LogP contribution is 2.44. The van der Waals surface area contributed by atoms with Gasteiger partial charge in [0.05, 0.1) is 12.1 Å². The third kappa shape index (κ3) is 3.41. The standard InChI is InChI=1S/C25H27N3O3/c1-15(2)16-9-11-17(12-10-16)24-21-22(19-7-3-4-8-20(19)29)26-27-23(21)25(30)28(24)14-18-6-5-13-31-18/h3-4,7-12,15,18,24,29H,5-6,13-14H2,1-2H3,(H,26,27). The lowest BCUT2D eigenvalue weighted by molar-refractivity contribution is 0.0495. The maximum Gasteiger partial charge on any atom is 0.273 e. The Kier molecular flexibility index (Phi) is 5.02. The van der Waals surface area contributed by atoms with E-state index >= 15 is 0 Å². The number of ether oxygens (including phenoxy) is 1. The monoisotopic (exact) mass is 417 g/mol. The molecule has 2 atom stereocenters. The Morgan fingerprint density at radius 2 is 1.97 bits per heavy atom. The second kappa shape index (κ2) is 7.85. The summed E-state index contributed by atoms with van der Waals surface area (Å²) < 4.78 is 5.85. The van der Waals surface area contributed by atoms with E-state index in [1.54, 1.807) is 12.1 Å². The lowest BCUT2D eigenvalue weighted by Crippen LogP contribution is -2.36. The maximum absolute atomic E-state index is 13.4. The highest BCUT2D eigenvalue weighted by molar-refractivity contribution is 6.00. The zero-order valence-electron chi connectivity index (χ0n) is 17.8. The topological polar surface area (TPSA) is 78.5 Å². The molecule has 0 spiro atoms. The van der Waals surface area contributed by atoms with Crippen LogP contribution in [0.2, 0.25) is 0 Å². The van der Waals surface area contributed by atoms with E-state index in [0.717, 1.165) is 30.6 Å². The third-order valence-corrected chi connectivity index (χ3v) is 6.37. The number of aromatic amines is 1. The number of para-hydroxylation sites is 1. The summed E-state index contributed by atoms with van der Waals surface area (Å²) in [7, 11) is 0. The summed E-state index contributed by atoms with van der Waals surface area (Å²) in [4.78, 5) is 15.3. The smallest absolute Gasteiger partial charge is 0.273 e. The molecule has 2 unspecified atom stereocenters. The molecule has 2 aromatic carbocycles. The molecular weight excluding hydrogens is 390 g/mol. The number of H-pyrrole nitrogens is 1. The first-order valence-corrected chi connectivity index (χ1v) is 10.9. The number of phenols is 1. The molecule has 3 aromatic rings. The molecule has 0 bridgehead atoms. The largest absolute Gasteiger partial charge is 0.507 e. The summed E-state index contributed by atoms with van der Waals surface area (Å²) in [6.07, 6.45) is 2.03. The Bertz CT molecular complexity index is 1100. The number of rotatable bonds is 5. The number of nitrogens with zero attached hydrogens (tertiary/aromatic N) is 2. The van der Waals surface area contributed by atoms with Crippen LogP contribution in [0.5, 0.6) is 5.75 Å². The number of phenolic OH excluding ortho intramolecular Hbond substituents is 1. The van der Waals surface area contributed by atoms with Gasteiger partial charge in [0.1, 0.15) is 17.1 Å². The minimum Gasteiger partial charge on any atom is -0.507 e. The summed E-state index contributed by atoms with van der Waals surface area (Å²) >= 11 is 0. The number of fused-ring (bicyclic) bond motifs is 1. The fraction of sp³-hybridized carbons (Fsp3) is 0.360. The summed E-state index contributed by atoms with van der Waals surface area (Å²) in [6, 6.07) is 15.3. The van der Waals surface area contributed by atoms with Gasteiger partial charge in [0.15, 0.2) is 0 Å². The molecule has 1 saturated heterocycles. The Morgan fingerprint density at radius 1 is 1.19 bits per heavy atom. The minimum absolute atomic E-state index is 0.0481. The van der Waals surface area contributed by atoms with Gasteiger partial charge in [-0.05, 0) is 42.0 Å². The highest BCUT2D eigenvalue weighted by Gasteiger charge is 2.43. The molecule has 6 nitrogen and oxygen atoms in total. The average Bonchev–Trinajstić information content (AvgIpc) is 3.49. The van der Waals surface area contributed by atoms with E-state index in [2.05, 4.69) is 48.3 Å². The van der Waals surface area contributed by atoms with E-state index in [4.69, 9.17) is 4.74 Å². The molecule has 6 heteroatoms. The number of hydrogen-bond donors (Lipinski definition) is 2. The van der Waals surface area contributed by atoms with Crippen molar-refractivity contribution in [2.24, 2.45) is 0 Å². The number of aromatic nitrogens is 2. The molecule has 0 radical (unpaired) electrons. The normalized spacial score (nSPS) is 20.6. The zero-order valence-corrected chi connectivity index (χ0v) is 17.8. The van der Waals surface area contributed by atoms with Gasteiger partial charge in [0, 0.05) is 24.3 Å². The van der Waals surface area contributed by atoms with Crippen LogP contribution in [-0.2, 0) is 4.74 Å². The predicted molar refractivity (Wildman–Crippen MR) is 118 cm³/mol. The third-order valence-electron chi connectivity index (χ3n) is 6.37. The molecule has 2 N–H and O–H groups in total. The molecule has 1 amide bonds. The van der Waals surface area contributed by atoms with Gasteiger partial charge in [-0.3, -0.25) is 9.89 Å². The van der Waals surface area contributed by atoms with Gasteiger partial charge in [-0.1, -0.05) is 50.2 Å². The highest BCUT2D eigenvalue weighted by atomic mass is 16.5. The van der Waals surface area contributed by atoms with E-state index in [1.807, 2.05) is 17.0 Å². The Morgan fingerprint density at radius 3 is 2.65 bits per heavy atom. The van der Waals surface area contributed by atoms with Crippen molar-refractivity contribution in [1.82, 2.24) is 15.1 Å². The van der Waals surface area contributed by atoms with Crippen LogP contribution < -0.4 is 0 Å². The fourth-order valence-electron chi connectivity index (χ4n) is 4.68. The molecule has 0 saturated carbocycles. The number of carbonyl (C=O) groups excluding carboxylic acids is 1. The zero-order chi connectivity index (χ0) is 21.5. The molecule has 160 valence electrons. The molecule has 3 heterocycles. The second-order valence-electron chi connectivity index (χ2n) is 8.69. The van der Waals surface area contributed by atoms with Crippen molar-refractivity contribution in [1.29, 1.82) is 0 Å². The van der Waals surface area contributed by atoms with Crippen molar-refractivity contribution >= 4 is 5.91 Å². The molecule has 0 aliphatic carbocycles. The molecule has 31 heavy (non-hydrogen) atoms. The number of amides is 1. The lowest BCUT2D eigenvalue weighted by Gasteiger charge is -2.28. The van der Waals surface area contributed by atoms with E-state index in [0.29, 0.717) is 29.4 Å². The molecule has 1 fully saturated rings. The fourth-order valence-corrected chi connectivity index (χ4v) is 4.68. The molecule has 2 aliphatic heterocycles. The average molecular weight is 418 g/mol. The number of nitrogens with one attached hydrogen (secondary N) is 1. The van der Waals surface area contributed by atoms with Crippen molar-refractivity contribution < 1.29 is 14.6 Å². The molecule has 5 rings (SSSR count). The Hall–Kier alpha value is -3.12. The number of carbonyl (C=O) groups is 1. The summed E-state index contributed by atoms with van der Waals surface area (Å²) in [5, 5.41) is 17.9. The van der Waals surface area contributed by atoms with Crippen molar-refractivity contribution in [3.05, 3.63) is 70.9 Å². The minimum atomic E-state index is -0.277. The van der Waals surface area contributed by atoms with Crippen molar-refractivity contribution in [3.63, 3.8) is 0 Å². The van der Waals surface area contributed by atoms with E-state index in [9.17, 15) is 9.90 Å². The van der Waals surface area contributed by atoms with Crippen LogP contribution in [0.15, 0.2) is 48.5 Å². The number of aromatic hydroxyl groups is 1. The van der Waals surface area contributed by atoms with Crippen LogP contribution in [0.1, 0.15) is 65.8 Å². The SMILES string of the molecule is CC(C)c1ccc(C2c3c(-c4ccccc4O)n[nH]c3C(=O)N2CC2CCCO2)cc1. The van der Waals surface area contributed by atoms with Crippen LogP contribution in [-0.4, -0.2) is 45.4 Å². The first-order valence-electron chi connectivity index (χ1n) is 10.9. The van der Waals surface area contributed by atoms with Gasteiger partial charge in [0.2, 0.25) is 0 Å². The van der Waals surface area contributed by atoms with E-state index < -0.39 is 0 Å². The van der Waals surface area contributed by atoms with Crippen molar-refractivity contribution in [2.75, 3.05) is 13.2 Å². The van der Waals surface area contributed by atoms with Crippen molar-refractivity contribution in [2.45, 2.75) is 44.8 Å². The van der Waals surface area contributed by atoms with Gasteiger partial charge in [-0.2, -0.15) is 5.10 Å². The molecule has 1 aromatic heterocycles. The quantitative estimate of drug-likeness (QED) is 0.634. The number of benzene rings is 2. The molecule has 2 aliphatic rings. The van der Waals surface area contributed by atoms with Crippen molar-refractivity contribution in [3.8, 4) is 17.0 Å². The Balaban J connectivity index is 1.62. The van der Waals surface area contributed by atoms with E-state index in [1.165, 1.54) is 5.56 Å². The van der Waals surface area contributed by atoms with Gasteiger partial charge in [0.25, 0.3) is 5.91 Å². The molecular formula is C25H27N3O3. The summed E-state index contributed by atoms with van der Waals surface area (Å²) in [5.74, 6) is 0.511. The van der Waals surface area contributed by atoms with Gasteiger partial charge in [-0.15, -0.1) is 0 Å². The maximum atomic E-state index is 13.4. The van der Waals surface area contributed by atoms with Gasteiger partial charge < -0.3 is 14.7 Å². The van der Waals surface area contributed by atoms with Crippen LogP contribution in [0.3, 0.4) is 0 Å². The predicted octanol–water partition coefficient (Wildman–Crippen LogP) is 4.63. The first kappa shape index (κ1) is 19.8. The van der Waals surface area contributed by atoms with Crippen LogP contribution in [0, 0.1) is 0 Å². The van der Waals surface area contributed by atoms with Crippen LogP contribution >= 0.6 is 0 Å². The van der Waals surface area contributed by atoms with Crippen LogP contribution in [0.4, 0.5) is 0 Å². The number of hydrogen-bond acceptors (Lipinski definition) is 4. The van der Waals surface area contributed by atoms with E-state index in [-0.39, 0.29) is 23.8 Å². The summed E-state index contributed by atoms with van der Waals surface area (Å²) in [5.41, 5.74) is 4.85. The van der Waals surface area contributed by atoms with Gasteiger partial charge in [-0.25, -0.2) is 0 Å². The van der Waals surface area contributed by atoms with Crippen LogP contribution in [0.25, 0.3) is 11.3 Å². The van der Waals surface area contributed by atoms with Gasteiger partial charge >= 0.3 is 0 Å². The first-order chi connectivity index (χ1) is 15.0. The summed E-state index contributed by atoms with van der Waals surface area (Å²) in [6.45, 7) is 5.62.